The maximum atomic E-state index is 11.6. The molecule has 0 heterocycles. The fourth-order valence-electron chi connectivity index (χ4n) is 4.32. The van der Waals surface area contributed by atoms with Crippen molar-refractivity contribution in [2.45, 2.75) is 222 Å². The van der Waals surface area contributed by atoms with Gasteiger partial charge in [0, 0.05) is 12.2 Å². The zero-order chi connectivity index (χ0) is 40.8. The predicted octanol–water partition coefficient (Wildman–Crippen LogP) is 12.3. The van der Waals surface area contributed by atoms with Gasteiger partial charge in [-0.1, -0.05) is 156 Å². The van der Waals surface area contributed by atoms with E-state index in [2.05, 4.69) is 27.7 Å². The van der Waals surface area contributed by atoms with E-state index in [9.17, 15) is 18.9 Å². The second-order valence-electron chi connectivity index (χ2n) is 13.5. The molecule has 0 bridgehead atoms. The van der Waals surface area contributed by atoms with Gasteiger partial charge in [-0.2, -0.15) is 0 Å². The summed E-state index contributed by atoms with van der Waals surface area (Å²) in [6, 6.07) is 0. The van der Waals surface area contributed by atoms with Gasteiger partial charge < -0.3 is 20.0 Å². The zero-order valence-electron chi connectivity index (χ0n) is 35.0. The summed E-state index contributed by atoms with van der Waals surface area (Å²) in [6.07, 6.45) is 26.8. The first-order chi connectivity index (χ1) is 24.7. The third kappa shape index (κ3) is 75.6. The van der Waals surface area contributed by atoms with Crippen molar-refractivity contribution >= 4 is 15.6 Å². The number of aliphatic hydroxyl groups is 2. The molecule has 0 spiro atoms. The normalized spacial score (nSPS) is 11.1. The average molecular weight is 829 g/mol. The van der Waals surface area contributed by atoms with Crippen molar-refractivity contribution in [1.29, 1.82) is 0 Å². The first kappa shape index (κ1) is 61.9. The van der Waals surface area contributed by atoms with Gasteiger partial charge in [-0.05, 0) is 53.4 Å². The van der Waals surface area contributed by atoms with Crippen molar-refractivity contribution in [3.63, 3.8) is 0 Å². The van der Waals surface area contributed by atoms with Crippen LogP contribution in [0.5, 0.6) is 0 Å². The summed E-state index contributed by atoms with van der Waals surface area (Å²) in [5.41, 5.74) is 0. The molecule has 0 radical (unpaired) electrons. The molecule has 0 atom stereocenters. The Morgan fingerprint density at radius 2 is 0.519 bits per heavy atom. The molecule has 0 saturated carbocycles. The fraction of sp³-hybridized carbons (Fsp3) is 1.00. The number of phosphoric acid groups is 2. The molecule has 0 aliphatic rings. The molecule has 0 rings (SSSR count). The minimum absolute atomic E-state index is 0.167. The van der Waals surface area contributed by atoms with Crippen molar-refractivity contribution in [1.82, 2.24) is 0 Å². The van der Waals surface area contributed by atoms with E-state index in [-0.39, 0.29) is 12.2 Å². The number of hydrogen-bond acceptors (Lipinski definition) is 9. The molecule has 0 aliphatic carbocycles. The molecule has 0 saturated heterocycles. The molecule has 14 heteroatoms. The molecule has 0 aromatic heterocycles. The number of aliphatic hydroxyl groups excluding tert-OH is 2. The second-order valence-corrected chi connectivity index (χ2v) is 16.4. The number of phosphoric ester groups is 2. The van der Waals surface area contributed by atoms with Crippen LogP contribution in [-0.4, -0.2) is 58.6 Å². The monoisotopic (exact) mass is 829 g/mol. The van der Waals surface area contributed by atoms with Gasteiger partial charge in [0.25, 0.3) is 0 Å². The van der Waals surface area contributed by atoms with Crippen molar-refractivity contribution in [3.05, 3.63) is 0 Å². The summed E-state index contributed by atoms with van der Waals surface area (Å²) >= 11 is 0.750. The summed E-state index contributed by atoms with van der Waals surface area (Å²) in [4.78, 5) is 19.0. The van der Waals surface area contributed by atoms with E-state index in [1.54, 1.807) is 27.7 Å². The molecule has 0 aromatic carbocycles. The summed E-state index contributed by atoms with van der Waals surface area (Å²) in [5, 5.41) is 16.1. The molecule has 0 aromatic rings. The quantitative estimate of drug-likeness (QED) is 0.0289. The topological polar surface area (TPSA) is 169 Å². The number of unbranched alkanes of at least 4 members (excludes halogenated alkanes) is 20. The first-order valence-electron chi connectivity index (χ1n) is 20.5. The molecule has 11 nitrogen and oxygen atoms in total. The van der Waals surface area contributed by atoms with Gasteiger partial charge in [0.1, 0.15) is 0 Å². The maximum absolute atomic E-state index is 11.6. The SMILES string of the molecule is CC(C)O.CC(C)O.CCCCCCCCOP(=O)(O)OCCCCCCCC.CCCCCCCCOP(=O)(O)OCCCCCCCC.[O]=[Ti]. The van der Waals surface area contributed by atoms with Crippen molar-refractivity contribution < 1.29 is 71.0 Å². The Labute approximate surface area is 333 Å². The van der Waals surface area contributed by atoms with E-state index < -0.39 is 15.6 Å². The van der Waals surface area contributed by atoms with E-state index in [0.717, 1.165) is 71.8 Å². The van der Waals surface area contributed by atoms with E-state index in [1.807, 2.05) is 0 Å². The summed E-state index contributed by atoms with van der Waals surface area (Å²) in [5.74, 6) is 0. The van der Waals surface area contributed by atoms with Crippen LogP contribution >= 0.6 is 15.6 Å². The Kier molecular flexibility index (Phi) is 61.5. The van der Waals surface area contributed by atoms with E-state index >= 15 is 0 Å². The van der Waals surface area contributed by atoms with Crippen LogP contribution in [0.2, 0.25) is 0 Å². The van der Waals surface area contributed by atoms with Gasteiger partial charge in [0.15, 0.2) is 0 Å². The van der Waals surface area contributed by atoms with Gasteiger partial charge in [0.2, 0.25) is 0 Å². The van der Waals surface area contributed by atoms with Gasteiger partial charge in [-0.3, -0.25) is 18.1 Å². The van der Waals surface area contributed by atoms with Crippen LogP contribution in [0.1, 0.15) is 209 Å². The minimum atomic E-state index is -3.82. The number of hydrogen-bond donors (Lipinski definition) is 4. The summed E-state index contributed by atoms with van der Waals surface area (Å²) in [7, 11) is -7.63. The zero-order valence-corrected chi connectivity index (χ0v) is 38.3. The van der Waals surface area contributed by atoms with Crippen LogP contribution in [-0.2, 0) is 51.0 Å². The average Bonchev–Trinajstić information content (AvgIpc) is 3.07. The Balaban J connectivity index is -0.000000225. The molecular formula is C38H86O11P2Ti. The van der Waals surface area contributed by atoms with Gasteiger partial charge in [0.05, 0.1) is 26.4 Å². The Morgan fingerprint density at radius 3 is 0.673 bits per heavy atom. The molecular weight excluding hydrogens is 742 g/mol. The third-order valence-electron chi connectivity index (χ3n) is 7.01. The Bertz CT molecular complexity index is 628. The van der Waals surface area contributed by atoms with E-state index in [0.29, 0.717) is 26.4 Å². The molecule has 0 fully saturated rings. The molecule has 318 valence electrons. The Morgan fingerprint density at radius 1 is 0.385 bits per heavy atom. The molecule has 52 heavy (non-hydrogen) atoms. The number of rotatable bonds is 32. The van der Waals surface area contributed by atoms with Crippen molar-refractivity contribution in [2.24, 2.45) is 0 Å². The summed E-state index contributed by atoms with van der Waals surface area (Å²) in [6.45, 7) is 16.9. The Hall–Kier alpha value is 0.654. The second kappa shape index (κ2) is 51.7. The molecule has 0 aliphatic heterocycles. The molecule has 0 unspecified atom stereocenters. The van der Waals surface area contributed by atoms with E-state index in [1.165, 1.54) is 103 Å². The standard InChI is InChI=1S/2C16H35O4P.2C3H8O.O.Ti/c2*1-3-5-7-9-11-13-15-19-21(17,18)20-16-14-12-10-8-6-4-2;2*1-3(2)4;;/h2*3-16H2,1-2H3,(H,17,18);2*3-4H,1-2H3;;. The van der Waals surface area contributed by atoms with Crippen molar-refractivity contribution in [2.75, 3.05) is 26.4 Å². The van der Waals surface area contributed by atoms with Crippen LogP contribution in [0.4, 0.5) is 0 Å². The summed E-state index contributed by atoms with van der Waals surface area (Å²) < 4.78 is 51.3. The van der Waals surface area contributed by atoms with E-state index in [4.69, 9.17) is 31.6 Å². The predicted molar refractivity (Wildman–Crippen MR) is 212 cm³/mol. The van der Waals surface area contributed by atoms with Gasteiger partial charge in [-0.25, -0.2) is 9.13 Å². The van der Waals surface area contributed by atoms with Crippen LogP contribution in [0.3, 0.4) is 0 Å². The van der Waals surface area contributed by atoms with Crippen LogP contribution in [0, 0.1) is 0 Å². The molecule has 0 amide bonds. The van der Waals surface area contributed by atoms with Crippen LogP contribution in [0.15, 0.2) is 0 Å². The molecule has 4 N–H and O–H groups in total. The van der Waals surface area contributed by atoms with Crippen LogP contribution in [0.25, 0.3) is 0 Å². The van der Waals surface area contributed by atoms with Gasteiger partial charge in [-0.15, -0.1) is 0 Å². The van der Waals surface area contributed by atoms with Crippen molar-refractivity contribution in [3.8, 4) is 0 Å². The third-order valence-corrected chi connectivity index (χ3v) is 9.04. The van der Waals surface area contributed by atoms with Crippen LogP contribution < -0.4 is 0 Å². The van der Waals surface area contributed by atoms with Gasteiger partial charge >= 0.3 is 39.4 Å². The fourth-order valence-corrected chi connectivity index (χ4v) is 5.91. The first-order valence-corrected chi connectivity index (χ1v) is 24.1.